The van der Waals surface area contributed by atoms with Crippen molar-refractivity contribution in [2.24, 2.45) is 0 Å². The number of hydrogen-bond donors (Lipinski definition) is 1. The molecule has 0 radical (unpaired) electrons. The highest BCUT2D eigenvalue weighted by molar-refractivity contribution is 5.48. The molecule has 1 rings (SSSR count). The Morgan fingerprint density at radius 2 is 1.85 bits per heavy atom. The SMILES string of the molecule is CCCNC(CC)c1ccc(N(CC)CCOC)cc1. The van der Waals surface area contributed by atoms with Crippen molar-refractivity contribution in [3.8, 4) is 0 Å². The second-order valence-electron chi connectivity index (χ2n) is 5.08. The molecular weight excluding hydrogens is 248 g/mol. The van der Waals surface area contributed by atoms with Gasteiger partial charge in [0.2, 0.25) is 0 Å². The Hall–Kier alpha value is -1.06. The monoisotopic (exact) mass is 278 g/mol. The van der Waals surface area contributed by atoms with Crippen LogP contribution in [0.25, 0.3) is 0 Å². The van der Waals surface area contributed by atoms with E-state index < -0.39 is 0 Å². The number of rotatable bonds is 10. The Kier molecular flexibility index (Phi) is 8.31. The maximum absolute atomic E-state index is 5.17. The molecule has 20 heavy (non-hydrogen) atoms. The predicted octanol–water partition coefficient (Wildman–Crippen LogP) is 3.61. The highest BCUT2D eigenvalue weighted by Gasteiger charge is 2.09. The average molecular weight is 278 g/mol. The molecule has 0 saturated carbocycles. The van der Waals surface area contributed by atoms with E-state index in [-0.39, 0.29) is 0 Å². The maximum atomic E-state index is 5.17. The summed E-state index contributed by atoms with van der Waals surface area (Å²) < 4.78 is 5.17. The zero-order chi connectivity index (χ0) is 14.8. The van der Waals surface area contributed by atoms with E-state index >= 15 is 0 Å². The molecule has 1 unspecified atom stereocenters. The van der Waals surface area contributed by atoms with Gasteiger partial charge in [-0.15, -0.1) is 0 Å². The summed E-state index contributed by atoms with van der Waals surface area (Å²) in [6.07, 6.45) is 2.30. The third kappa shape index (κ3) is 5.14. The number of benzene rings is 1. The van der Waals surface area contributed by atoms with Crippen LogP contribution in [0.5, 0.6) is 0 Å². The smallest absolute Gasteiger partial charge is 0.0637 e. The minimum Gasteiger partial charge on any atom is -0.383 e. The molecule has 0 aromatic heterocycles. The molecule has 0 aliphatic rings. The number of anilines is 1. The van der Waals surface area contributed by atoms with Crippen LogP contribution in [0.3, 0.4) is 0 Å². The first-order chi connectivity index (χ1) is 9.76. The Morgan fingerprint density at radius 1 is 1.15 bits per heavy atom. The maximum Gasteiger partial charge on any atom is 0.0637 e. The molecule has 3 nitrogen and oxygen atoms in total. The van der Waals surface area contributed by atoms with Crippen LogP contribution in [0.1, 0.15) is 45.2 Å². The number of nitrogens with one attached hydrogen (secondary N) is 1. The molecule has 0 bridgehead atoms. The van der Waals surface area contributed by atoms with Gasteiger partial charge < -0.3 is 15.0 Å². The first kappa shape index (κ1) is 17.0. The zero-order valence-corrected chi connectivity index (χ0v) is 13.5. The van der Waals surface area contributed by atoms with E-state index in [2.05, 4.69) is 55.3 Å². The number of hydrogen-bond acceptors (Lipinski definition) is 3. The summed E-state index contributed by atoms with van der Waals surface area (Å²) in [4.78, 5) is 2.34. The molecule has 0 saturated heterocycles. The van der Waals surface area contributed by atoms with Crippen molar-refractivity contribution in [3.05, 3.63) is 29.8 Å². The first-order valence-corrected chi connectivity index (χ1v) is 7.83. The summed E-state index contributed by atoms with van der Waals surface area (Å²) in [7, 11) is 1.75. The van der Waals surface area contributed by atoms with Crippen LogP contribution in [-0.4, -0.2) is 33.4 Å². The minimum atomic E-state index is 0.470. The molecule has 0 spiro atoms. The van der Waals surface area contributed by atoms with E-state index in [9.17, 15) is 0 Å². The van der Waals surface area contributed by atoms with E-state index in [1.165, 1.54) is 17.7 Å². The van der Waals surface area contributed by atoms with Gasteiger partial charge in [0, 0.05) is 31.9 Å². The summed E-state index contributed by atoms with van der Waals surface area (Å²) in [6.45, 7) is 10.4. The van der Waals surface area contributed by atoms with E-state index in [1.54, 1.807) is 7.11 Å². The predicted molar refractivity (Wildman–Crippen MR) is 87.5 cm³/mol. The number of methoxy groups -OCH3 is 1. The molecule has 0 heterocycles. The zero-order valence-electron chi connectivity index (χ0n) is 13.5. The summed E-state index contributed by atoms with van der Waals surface area (Å²) in [5.74, 6) is 0. The van der Waals surface area contributed by atoms with Gasteiger partial charge in [0.05, 0.1) is 6.61 Å². The summed E-state index contributed by atoms with van der Waals surface area (Å²) >= 11 is 0. The Morgan fingerprint density at radius 3 is 2.35 bits per heavy atom. The quantitative estimate of drug-likeness (QED) is 0.707. The van der Waals surface area contributed by atoms with Gasteiger partial charge in [0.25, 0.3) is 0 Å². The lowest BCUT2D eigenvalue weighted by molar-refractivity contribution is 0.205. The Bertz CT molecular complexity index is 316. The molecule has 1 atom stereocenters. The topological polar surface area (TPSA) is 24.5 Å². The van der Waals surface area contributed by atoms with Crippen LogP contribution >= 0.6 is 0 Å². The highest BCUT2D eigenvalue weighted by atomic mass is 16.5. The molecule has 114 valence electrons. The third-order valence-electron chi connectivity index (χ3n) is 3.66. The van der Waals surface area contributed by atoms with E-state index in [0.29, 0.717) is 6.04 Å². The van der Waals surface area contributed by atoms with E-state index in [4.69, 9.17) is 4.74 Å². The van der Waals surface area contributed by atoms with Crippen molar-refractivity contribution in [2.75, 3.05) is 38.3 Å². The third-order valence-corrected chi connectivity index (χ3v) is 3.66. The standard InChI is InChI=1S/C17H30N2O/c1-5-12-18-17(6-2)15-8-10-16(11-9-15)19(7-3)13-14-20-4/h8-11,17-18H,5-7,12-14H2,1-4H3. The molecule has 0 fully saturated rings. The van der Waals surface area contributed by atoms with Crippen molar-refractivity contribution in [2.45, 2.75) is 39.7 Å². The number of ether oxygens (including phenoxy) is 1. The van der Waals surface area contributed by atoms with Crippen LogP contribution in [0.2, 0.25) is 0 Å². The fourth-order valence-corrected chi connectivity index (χ4v) is 2.41. The summed E-state index contributed by atoms with van der Waals surface area (Å²) in [5.41, 5.74) is 2.66. The van der Waals surface area contributed by atoms with Crippen LogP contribution in [0.4, 0.5) is 5.69 Å². The molecular formula is C17H30N2O. The second kappa shape index (κ2) is 9.78. The summed E-state index contributed by atoms with van der Waals surface area (Å²) in [6, 6.07) is 9.43. The Labute approximate surface area is 124 Å². The summed E-state index contributed by atoms with van der Waals surface area (Å²) in [5, 5.41) is 3.60. The molecule has 1 N–H and O–H groups in total. The van der Waals surface area contributed by atoms with Gasteiger partial charge in [-0.2, -0.15) is 0 Å². The van der Waals surface area contributed by atoms with Crippen molar-refractivity contribution in [1.29, 1.82) is 0 Å². The Balaban J connectivity index is 2.70. The molecule has 0 aliphatic carbocycles. The second-order valence-corrected chi connectivity index (χ2v) is 5.08. The lowest BCUT2D eigenvalue weighted by Crippen LogP contribution is -2.27. The van der Waals surface area contributed by atoms with Crippen molar-refractivity contribution in [3.63, 3.8) is 0 Å². The fraction of sp³-hybridized carbons (Fsp3) is 0.647. The van der Waals surface area contributed by atoms with Gasteiger partial charge in [-0.3, -0.25) is 0 Å². The highest BCUT2D eigenvalue weighted by Crippen LogP contribution is 2.21. The van der Waals surface area contributed by atoms with Crippen molar-refractivity contribution >= 4 is 5.69 Å². The first-order valence-electron chi connectivity index (χ1n) is 7.83. The lowest BCUT2D eigenvalue weighted by atomic mass is 10.0. The van der Waals surface area contributed by atoms with Crippen LogP contribution in [0, 0.1) is 0 Å². The number of likely N-dealkylation sites (N-methyl/N-ethyl adjacent to an activating group) is 1. The van der Waals surface area contributed by atoms with Crippen LogP contribution < -0.4 is 10.2 Å². The molecule has 0 aliphatic heterocycles. The molecule has 1 aromatic rings. The van der Waals surface area contributed by atoms with E-state index in [1.807, 2.05) is 0 Å². The van der Waals surface area contributed by atoms with Gasteiger partial charge in [-0.1, -0.05) is 26.0 Å². The van der Waals surface area contributed by atoms with Crippen molar-refractivity contribution < 1.29 is 4.74 Å². The lowest BCUT2D eigenvalue weighted by Gasteiger charge is -2.24. The van der Waals surface area contributed by atoms with Gasteiger partial charge in [0.1, 0.15) is 0 Å². The van der Waals surface area contributed by atoms with Gasteiger partial charge in [-0.05, 0) is 44.0 Å². The molecule has 0 amide bonds. The molecule has 3 heteroatoms. The van der Waals surface area contributed by atoms with Gasteiger partial charge in [-0.25, -0.2) is 0 Å². The van der Waals surface area contributed by atoms with Gasteiger partial charge in [0.15, 0.2) is 0 Å². The average Bonchev–Trinajstić information content (AvgIpc) is 2.50. The minimum absolute atomic E-state index is 0.470. The van der Waals surface area contributed by atoms with E-state index in [0.717, 1.165) is 32.7 Å². The van der Waals surface area contributed by atoms with Crippen LogP contribution in [-0.2, 0) is 4.74 Å². The largest absolute Gasteiger partial charge is 0.383 e. The van der Waals surface area contributed by atoms with Gasteiger partial charge >= 0.3 is 0 Å². The molecule has 1 aromatic carbocycles. The number of nitrogens with zero attached hydrogens (tertiary/aromatic N) is 1. The van der Waals surface area contributed by atoms with Crippen molar-refractivity contribution in [1.82, 2.24) is 5.32 Å². The van der Waals surface area contributed by atoms with Crippen LogP contribution in [0.15, 0.2) is 24.3 Å². The normalized spacial score (nSPS) is 12.4. The fourth-order valence-electron chi connectivity index (χ4n) is 2.41.